The largest absolute Gasteiger partial charge is 0.464 e. The first kappa shape index (κ1) is 18.2. The molecule has 0 spiro atoms. The van der Waals surface area contributed by atoms with Crippen molar-refractivity contribution < 1.29 is 9.21 Å². The number of nitrogens with zero attached hydrogens (tertiary/aromatic N) is 2. The molecule has 4 aromatic rings. The maximum Gasteiger partial charge on any atom is 0.263 e. The van der Waals surface area contributed by atoms with Gasteiger partial charge in [0.25, 0.3) is 5.56 Å². The predicted octanol–water partition coefficient (Wildman–Crippen LogP) is 3.96. The number of furan rings is 1. The highest BCUT2D eigenvalue weighted by Gasteiger charge is 2.19. The van der Waals surface area contributed by atoms with Crippen LogP contribution in [0.3, 0.4) is 0 Å². The van der Waals surface area contributed by atoms with Crippen LogP contribution in [0, 0.1) is 6.92 Å². The molecule has 142 valence electrons. The van der Waals surface area contributed by atoms with Gasteiger partial charge < -0.3 is 10.2 Å². The molecule has 0 fully saturated rings. The summed E-state index contributed by atoms with van der Waals surface area (Å²) < 4.78 is 7.13. The number of hydrogen-bond acceptors (Lipinski definition) is 5. The van der Waals surface area contributed by atoms with Gasteiger partial charge >= 0.3 is 0 Å². The summed E-state index contributed by atoms with van der Waals surface area (Å²) in [5, 5.41) is 2.43. The predicted molar refractivity (Wildman–Crippen MR) is 110 cm³/mol. The number of carbonyl (C=O) groups is 1. The Hall–Kier alpha value is -3.19. The van der Waals surface area contributed by atoms with Gasteiger partial charge in [0.05, 0.1) is 11.6 Å². The van der Waals surface area contributed by atoms with Gasteiger partial charge in [-0.1, -0.05) is 23.8 Å². The summed E-state index contributed by atoms with van der Waals surface area (Å²) in [7, 11) is 0. The lowest BCUT2D eigenvalue weighted by Gasteiger charge is -2.13. The van der Waals surface area contributed by atoms with E-state index in [2.05, 4.69) is 0 Å². The van der Waals surface area contributed by atoms with Crippen molar-refractivity contribution in [2.24, 2.45) is 5.73 Å². The zero-order valence-electron chi connectivity index (χ0n) is 15.3. The number of nitrogens with two attached hydrogens (primary N) is 1. The average Bonchev–Trinajstić information content (AvgIpc) is 3.32. The van der Waals surface area contributed by atoms with Gasteiger partial charge in [-0.05, 0) is 31.5 Å². The van der Waals surface area contributed by atoms with Gasteiger partial charge in [0, 0.05) is 29.5 Å². The summed E-state index contributed by atoms with van der Waals surface area (Å²) in [5.74, 6) is 0.849. The number of fused-ring (bicyclic) bond motifs is 1. The van der Waals surface area contributed by atoms with Crippen LogP contribution >= 0.6 is 11.3 Å². The minimum atomic E-state index is -0.383. The lowest BCUT2D eigenvalue weighted by molar-refractivity contribution is -0.118. The number of benzene rings is 1. The first-order chi connectivity index (χ1) is 13.5. The monoisotopic (exact) mass is 393 g/mol. The van der Waals surface area contributed by atoms with Crippen molar-refractivity contribution in [1.29, 1.82) is 0 Å². The molecular formula is C21H19N3O3S. The van der Waals surface area contributed by atoms with E-state index in [4.69, 9.17) is 15.1 Å². The zero-order valence-corrected chi connectivity index (χ0v) is 16.2. The third-order valence-corrected chi connectivity index (χ3v) is 5.43. The van der Waals surface area contributed by atoms with Gasteiger partial charge in [0.1, 0.15) is 16.4 Å². The molecule has 4 rings (SSSR count). The van der Waals surface area contributed by atoms with E-state index in [0.717, 1.165) is 16.7 Å². The molecule has 3 heterocycles. The molecule has 0 aliphatic heterocycles. The van der Waals surface area contributed by atoms with Crippen LogP contribution in [0.4, 0.5) is 0 Å². The summed E-state index contributed by atoms with van der Waals surface area (Å²) in [5.41, 5.74) is 7.82. The molecule has 0 bridgehead atoms. The Labute approximate surface area is 165 Å². The van der Waals surface area contributed by atoms with Gasteiger partial charge in [0.15, 0.2) is 0 Å². The highest BCUT2D eigenvalue weighted by Crippen LogP contribution is 2.32. The molecule has 2 N–H and O–H groups in total. The average molecular weight is 393 g/mol. The number of rotatable bonds is 6. The summed E-state index contributed by atoms with van der Waals surface area (Å²) in [6.07, 6.45) is 2.27. The second-order valence-electron chi connectivity index (χ2n) is 6.64. The molecule has 0 atom stereocenters. The van der Waals surface area contributed by atoms with Crippen molar-refractivity contribution in [2.75, 3.05) is 0 Å². The highest BCUT2D eigenvalue weighted by atomic mass is 32.1. The molecule has 7 heteroatoms. The van der Waals surface area contributed by atoms with Crippen LogP contribution in [0.5, 0.6) is 0 Å². The number of primary amides is 1. The van der Waals surface area contributed by atoms with Crippen molar-refractivity contribution in [3.63, 3.8) is 0 Å². The second kappa shape index (κ2) is 7.44. The maximum atomic E-state index is 13.4. The Balaban J connectivity index is 1.92. The van der Waals surface area contributed by atoms with Crippen molar-refractivity contribution in [3.8, 4) is 22.7 Å². The third kappa shape index (κ3) is 3.36. The number of amides is 1. The fraction of sp³-hybridized carbons (Fsp3) is 0.190. The molecule has 0 aliphatic carbocycles. The van der Waals surface area contributed by atoms with Crippen molar-refractivity contribution in [3.05, 3.63) is 64.0 Å². The Kier molecular flexibility index (Phi) is 4.83. The third-order valence-electron chi connectivity index (χ3n) is 4.56. The first-order valence-corrected chi connectivity index (χ1v) is 9.84. The van der Waals surface area contributed by atoms with Gasteiger partial charge in [-0.25, -0.2) is 4.98 Å². The minimum absolute atomic E-state index is 0.140. The topological polar surface area (TPSA) is 91.1 Å². The molecule has 0 saturated heterocycles. The van der Waals surface area contributed by atoms with Gasteiger partial charge in [0.2, 0.25) is 5.91 Å². The normalized spacial score (nSPS) is 11.2. The number of hydrogen-bond donors (Lipinski definition) is 1. The van der Waals surface area contributed by atoms with Crippen LogP contribution in [0.2, 0.25) is 0 Å². The smallest absolute Gasteiger partial charge is 0.263 e. The first-order valence-electron chi connectivity index (χ1n) is 8.96. The van der Waals surface area contributed by atoms with Gasteiger partial charge in [-0.15, -0.1) is 11.3 Å². The second-order valence-corrected chi connectivity index (χ2v) is 7.50. The van der Waals surface area contributed by atoms with E-state index in [9.17, 15) is 9.59 Å². The van der Waals surface area contributed by atoms with E-state index >= 15 is 0 Å². The Morgan fingerprint density at radius 1 is 1.29 bits per heavy atom. The number of thiophene rings is 1. The molecule has 28 heavy (non-hydrogen) atoms. The van der Waals surface area contributed by atoms with E-state index in [0.29, 0.717) is 34.8 Å². The molecule has 0 radical (unpaired) electrons. The van der Waals surface area contributed by atoms with Crippen molar-refractivity contribution in [1.82, 2.24) is 9.55 Å². The quantitative estimate of drug-likeness (QED) is 0.537. The van der Waals surface area contributed by atoms with Crippen LogP contribution in [-0.4, -0.2) is 15.5 Å². The van der Waals surface area contributed by atoms with Crippen LogP contribution in [0.1, 0.15) is 18.4 Å². The molecular weight excluding hydrogens is 374 g/mol. The van der Waals surface area contributed by atoms with Crippen LogP contribution in [0.15, 0.2) is 57.3 Å². The Morgan fingerprint density at radius 2 is 2.14 bits per heavy atom. The van der Waals surface area contributed by atoms with Crippen molar-refractivity contribution >= 4 is 27.5 Å². The van der Waals surface area contributed by atoms with Gasteiger partial charge in [-0.2, -0.15) is 0 Å². The molecule has 1 amide bonds. The van der Waals surface area contributed by atoms with Crippen molar-refractivity contribution in [2.45, 2.75) is 26.3 Å². The molecule has 0 saturated carbocycles. The highest BCUT2D eigenvalue weighted by molar-refractivity contribution is 7.17. The van der Waals surface area contributed by atoms with Gasteiger partial charge in [-0.3, -0.25) is 14.2 Å². The summed E-state index contributed by atoms with van der Waals surface area (Å²) >= 11 is 1.42. The molecule has 6 nitrogen and oxygen atoms in total. The number of aryl methyl sites for hydroxylation is 1. The van der Waals surface area contributed by atoms with E-state index in [1.54, 1.807) is 16.9 Å². The SMILES string of the molecule is Cc1cccc(-c2nc3scc(-c4ccco4)c3c(=O)n2CCCC(N)=O)c1. The van der Waals surface area contributed by atoms with E-state index in [1.807, 2.05) is 42.6 Å². The Bertz CT molecular complexity index is 1210. The fourth-order valence-corrected chi connectivity index (χ4v) is 4.18. The Morgan fingerprint density at radius 3 is 2.86 bits per heavy atom. The molecule has 0 aliphatic rings. The molecule has 1 aromatic carbocycles. The lowest BCUT2D eigenvalue weighted by atomic mass is 10.1. The molecule has 3 aromatic heterocycles. The van der Waals surface area contributed by atoms with Crippen LogP contribution in [0.25, 0.3) is 32.9 Å². The minimum Gasteiger partial charge on any atom is -0.464 e. The summed E-state index contributed by atoms with van der Waals surface area (Å²) in [6.45, 7) is 2.36. The van der Waals surface area contributed by atoms with E-state index in [1.165, 1.54) is 11.3 Å². The van der Waals surface area contributed by atoms with Crippen LogP contribution in [-0.2, 0) is 11.3 Å². The number of aromatic nitrogens is 2. The fourth-order valence-electron chi connectivity index (χ4n) is 3.26. The summed E-state index contributed by atoms with van der Waals surface area (Å²) in [4.78, 5) is 30.1. The number of carbonyl (C=O) groups excluding carboxylic acids is 1. The van der Waals surface area contributed by atoms with Crippen LogP contribution < -0.4 is 11.3 Å². The standard InChI is InChI=1S/C21H19N3O3S/c1-13-5-2-6-14(11-13)19-23-20-18(15(12-28-20)16-7-4-10-27-16)21(26)24(19)9-3-8-17(22)25/h2,4-7,10-12H,3,8-9H2,1H3,(H2,22,25). The van der Waals surface area contributed by atoms with E-state index < -0.39 is 0 Å². The molecule has 0 unspecified atom stereocenters. The lowest BCUT2D eigenvalue weighted by Crippen LogP contribution is -2.24. The summed E-state index contributed by atoms with van der Waals surface area (Å²) in [6, 6.07) is 11.5. The maximum absolute atomic E-state index is 13.4. The van der Waals surface area contributed by atoms with E-state index in [-0.39, 0.29) is 17.9 Å². The zero-order chi connectivity index (χ0) is 19.7.